The Hall–Kier alpha value is -3.82. The van der Waals surface area contributed by atoms with Crippen molar-refractivity contribution in [1.29, 1.82) is 0 Å². The number of carbonyl (C=O) groups excluding carboxylic acids is 2. The number of amides is 2. The van der Waals surface area contributed by atoms with E-state index in [2.05, 4.69) is 25.8 Å². The lowest BCUT2D eigenvalue weighted by atomic mass is 10.1. The topological polar surface area (TPSA) is 102 Å². The van der Waals surface area contributed by atoms with Gasteiger partial charge in [0, 0.05) is 49.2 Å². The number of aromatic nitrogens is 2. The molecule has 192 valence electrons. The number of carbonyl (C=O) groups is 2. The first-order valence-electron chi connectivity index (χ1n) is 12.7. The summed E-state index contributed by atoms with van der Waals surface area (Å²) in [4.78, 5) is 39.5. The third-order valence-electron chi connectivity index (χ3n) is 6.75. The van der Waals surface area contributed by atoms with E-state index in [0.717, 1.165) is 54.0 Å². The van der Waals surface area contributed by atoms with Crippen LogP contribution >= 0.6 is 0 Å². The van der Waals surface area contributed by atoms with Crippen molar-refractivity contribution in [3.8, 4) is 11.3 Å². The molecule has 6 bridgehead atoms. The molecule has 37 heavy (non-hydrogen) atoms. The maximum absolute atomic E-state index is 13.1. The highest BCUT2D eigenvalue weighted by Crippen LogP contribution is 2.26. The Labute approximate surface area is 217 Å². The quantitative estimate of drug-likeness (QED) is 0.507. The van der Waals surface area contributed by atoms with Gasteiger partial charge in [-0.15, -0.1) is 0 Å². The first-order valence-corrected chi connectivity index (χ1v) is 12.7. The molecule has 3 heterocycles. The van der Waals surface area contributed by atoms with Gasteiger partial charge in [0.05, 0.1) is 11.7 Å². The summed E-state index contributed by atoms with van der Waals surface area (Å²) in [5, 5.41) is 9.43. The van der Waals surface area contributed by atoms with Gasteiger partial charge in [-0.2, -0.15) is 0 Å². The van der Waals surface area contributed by atoms with E-state index in [4.69, 9.17) is 4.98 Å². The smallest absolute Gasteiger partial charge is 0.251 e. The van der Waals surface area contributed by atoms with Crippen LogP contribution in [0.3, 0.4) is 0 Å². The zero-order valence-electron chi connectivity index (χ0n) is 21.3. The number of likely N-dealkylation sites (N-methyl/N-ethyl adjacent to an activating group) is 1. The first kappa shape index (κ1) is 24.9. The Morgan fingerprint density at radius 2 is 2.05 bits per heavy atom. The van der Waals surface area contributed by atoms with Gasteiger partial charge in [-0.05, 0) is 74.9 Å². The second-order valence-corrected chi connectivity index (χ2v) is 9.91. The van der Waals surface area contributed by atoms with Gasteiger partial charge in [-0.3, -0.25) is 14.5 Å². The average molecular weight is 500 g/mol. The fraction of sp³-hybridized carbons (Fsp3) is 0.357. The second kappa shape index (κ2) is 11.1. The zero-order valence-corrected chi connectivity index (χ0v) is 21.3. The molecule has 9 nitrogen and oxygen atoms in total. The molecule has 0 spiro atoms. The maximum atomic E-state index is 13.1. The lowest BCUT2D eigenvalue weighted by Crippen LogP contribution is -2.42. The number of fused-ring (bicyclic) bond motifs is 8. The van der Waals surface area contributed by atoms with Crippen LogP contribution in [0.25, 0.3) is 11.3 Å². The molecule has 2 amide bonds. The molecule has 1 atom stereocenters. The van der Waals surface area contributed by atoms with E-state index in [1.165, 1.54) is 0 Å². The van der Waals surface area contributed by atoms with Crippen molar-refractivity contribution in [1.82, 2.24) is 30.4 Å². The molecule has 2 aromatic carbocycles. The number of benzene rings is 2. The minimum absolute atomic E-state index is 0.0373. The van der Waals surface area contributed by atoms with E-state index >= 15 is 0 Å². The van der Waals surface area contributed by atoms with Crippen molar-refractivity contribution in [2.24, 2.45) is 0 Å². The van der Waals surface area contributed by atoms with Crippen molar-refractivity contribution in [3.63, 3.8) is 0 Å². The third-order valence-corrected chi connectivity index (χ3v) is 6.75. The number of hydrogen-bond donors (Lipinski definition) is 3. The molecule has 0 aliphatic carbocycles. The summed E-state index contributed by atoms with van der Waals surface area (Å²) >= 11 is 0. The van der Waals surface area contributed by atoms with Crippen molar-refractivity contribution >= 4 is 23.5 Å². The SMILES string of the molecule is CN(C)CCNC(=O)c1cc2cc(c1)Nc1nccc(n1)-c1cccc(c1)CNC(=O)[C@@H]1CCCN1C2. The van der Waals surface area contributed by atoms with Gasteiger partial charge in [-0.25, -0.2) is 9.97 Å². The van der Waals surface area contributed by atoms with E-state index in [-0.39, 0.29) is 17.9 Å². The molecule has 1 aromatic heterocycles. The zero-order chi connectivity index (χ0) is 25.8. The van der Waals surface area contributed by atoms with Crippen molar-refractivity contribution in [2.45, 2.75) is 32.0 Å². The minimum Gasteiger partial charge on any atom is -0.351 e. The van der Waals surface area contributed by atoms with Gasteiger partial charge >= 0.3 is 0 Å². The lowest BCUT2D eigenvalue weighted by molar-refractivity contribution is -0.125. The van der Waals surface area contributed by atoms with Gasteiger partial charge in [0.1, 0.15) is 0 Å². The second-order valence-electron chi connectivity index (χ2n) is 9.91. The van der Waals surface area contributed by atoms with E-state index in [9.17, 15) is 9.59 Å². The summed E-state index contributed by atoms with van der Waals surface area (Å²) in [6.45, 7) is 3.17. The maximum Gasteiger partial charge on any atom is 0.251 e. The molecule has 5 rings (SSSR count). The van der Waals surface area contributed by atoms with Crippen LogP contribution in [0.4, 0.5) is 11.6 Å². The van der Waals surface area contributed by atoms with Crippen molar-refractivity contribution in [2.75, 3.05) is 39.0 Å². The Bertz CT molecular complexity index is 1290. The molecule has 0 radical (unpaired) electrons. The molecule has 1 fully saturated rings. The van der Waals surface area contributed by atoms with Crippen molar-refractivity contribution in [3.05, 3.63) is 71.4 Å². The number of anilines is 2. The molecule has 2 aliphatic heterocycles. The highest BCUT2D eigenvalue weighted by atomic mass is 16.2. The minimum atomic E-state index is -0.193. The highest BCUT2D eigenvalue weighted by molar-refractivity contribution is 5.95. The number of nitrogens with one attached hydrogen (secondary N) is 3. The molecular weight excluding hydrogens is 466 g/mol. The van der Waals surface area contributed by atoms with E-state index in [0.29, 0.717) is 31.1 Å². The van der Waals surface area contributed by atoms with Gasteiger partial charge in [0.2, 0.25) is 11.9 Å². The Balaban J connectivity index is 1.52. The van der Waals surface area contributed by atoms with Crippen molar-refractivity contribution < 1.29 is 9.59 Å². The first-order chi connectivity index (χ1) is 17.9. The van der Waals surface area contributed by atoms with Gasteiger partial charge in [-0.1, -0.05) is 18.2 Å². The molecule has 3 N–H and O–H groups in total. The van der Waals surface area contributed by atoms with Crippen LogP contribution in [0, 0.1) is 0 Å². The predicted molar refractivity (Wildman–Crippen MR) is 143 cm³/mol. The number of hydrogen-bond acceptors (Lipinski definition) is 7. The molecule has 1 saturated heterocycles. The summed E-state index contributed by atoms with van der Waals surface area (Å²) in [7, 11) is 3.95. The van der Waals surface area contributed by atoms with Crippen LogP contribution in [0.15, 0.2) is 54.7 Å². The Morgan fingerprint density at radius 3 is 2.92 bits per heavy atom. The van der Waals surface area contributed by atoms with Gasteiger partial charge < -0.3 is 20.9 Å². The summed E-state index contributed by atoms with van der Waals surface area (Å²) in [5.74, 6) is 0.358. The molecule has 2 aliphatic rings. The lowest BCUT2D eigenvalue weighted by Gasteiger charge is -2.24. The van der Waals surface area contributed by atoms with Crippen LogP contribution in [0.2, 0.25) is 0 Å². The van der Waals surface area contributed by atoms with Gasteiger partial charge in [0.15, 0.2) is 0 Å². The Morgan fingerprint density at radius 1 is 1.16 bits per heavy atom. The largest absolute Gasteiger partial charge is 0.351 e. The summed E-state index contributed by atoms with van der Waals surface area (Å²) < 4.78 is 0. The molecular formula is C28H33N7O2. The molecule has 0 saturated carbocycles. The fourth-order valence-electron chi connectivity index (χ4n) is 4.88. The predicted octanol–water partition coefficient (Wildman–Crippen LogP) is 2.77. The number of nitrogens with zero attached hydrogens (tertiary/aromatic N) is 4. The summed E-state index contributed by atoms with van der Waals surface area (Å²) in [5.41, 5.74) is 4.98. The average Bonchev–Trinajstić information content (AvgIpc) is 3.35. The van der Waals surface area contributed by atoms with E-state index in [1.807, 2.05) is 67.5 Å². The van der Waals surface area contributed by atoms with E-state index in [1.54, 1.807) is 6.20 Å². The normalized spacial score (nSPS) is 17.6. The van der Waals surface area contributed by atoms with Gasteiger partial charge in [0.25, 0.3) is 5.91 Å². The van der Waals surface area contributed by atoms with Crippen LogP contribution in [0.5, 0.6) is 0 Å². The summed E-state index contributed by atoms with van der Waals surface area (Å²) in [6.07, 6.45) is 3.50. The molecule has 0 unspecified atom stereocenters. The van der Waals surface area contributed by atoms with Crippen LogP contribution in [-0.4, -0.2) is 71.4 Å². The Kier molecular flexibility index (Phi) is 7.43. The number of rotatable bonds is 4. The van der Waals surface area contributed by atoms with Crippen LogP contribution in [-0.2, 0) is 17.9 Å². The molecule has 9 heteroatoms. The fourth-order valence-corrected chi connectivity index (χ4v) is 4.88. The van der Waals surface area contributed by atoms with Crippen LogP contribution < -0.4 is 16.0 Å². The molecule has 3 aromatic rings. The van der Waals surface area contributed by atoms with E-state index < -0.39 is 0 Å². The standard InChI is InChI=1S/C28H33N7O2/c1-34(2)12-10-29-26(36)22-14-20-15-23(16-22)32-28-30-9-8-24(33-28)21-6-3-5-19(13-21)17-31-27(37)25-7-4-11-35(25)18-20/h3,5-6,8-9,13-16,25H,4,7,10-12,17-18H2,1-2H3,(H,29,36)(H,31,37)(H,30,32,33)/t25-/m0/s1. The highest BCUT2D eigenvalue weighted by Gasteiger charge is 2.30. The monoisotopic (exact) mass is 499 g/mol. The third kappa shape index (κ3) is 6.12. The van der Waals surface area contributed by atoms with Crippen LogP contribution in [0.1, 0.15) is 34.3 Å². The summed E-state index contributed by atoms with van der Waals surface area (Å²) in [6, 6.07) is 15.4.